The largest absolute Gasteiger partial charge is 0.311 e. The van der Waals surface area contributed by atoms with Crippen molar-refractivity contribution in [3.63, 3.8) is 0 Å². The van der Waals surface area contributed by atoms with Crippen LogP contribution in [0.1, 0.15) is 83.2 Å². The minimum Gasteiger partial charge on any atom is -0.311 e. The Balaban J connectivity index is 1.22. The fourth-order valence-corrected chi connectivity index (χ4v) is 11.0. The Morgan fingerprint density at radius 3 is 1.70 bits per heavy atom. The smallest absolute Gasteiger partial charge is 0.252 e. The molecule has 0 atom stereocenters. The molecule has 0 spiro atoms. The lowest BCUT2D eigenvalue weighted by Crippen LogP contribution is -2.61. The van der Waals surface area contributed by atoms with Gasteiger partial charge in [-0.25, -0.2) is 0 Å². The van der Waals surface area contributed by atoms with Crippen LogP contribution in [0.2, 0.25) is 0 Å². The summed E-state index contributed by atoms with van der Waals surface area (Å²) in [7, 11) is 0. The third kappa shape index (κ3) is 6.17. The van der Waals surface area contributed by atoms with E-state index in [-0.39, 0.29) is 23.0 Å². The molecule has 2 aliphatic heterocycles. The molecular weight excluding hydrogens is 773 g/mol. The highest BCUT2D eigenvalue weighted by Gasteiger charge is 2.46. The van der Waals surface area contributed by atoms with E-state index in [0.717, 1.165) is 22.7 Å². The summed E-state index contributed by atoms with van der Waals surface area (Å²) in [4.78, 5) is 7.58. The maximum Gasteiger partial charge on any atom is 0.252 e. The van der Waals surface area contributed by atoms with E-state index < -0.39 is 0 Å². The van der Waals surface area contributed by atoms with Crippen molar-refractivity contribution in [2.75, 3.05) is 14.7 Å². The van der Waals surface area contributed by atoms with Crippen molar-refractivity contribution < 1.29 is 0 Å². The average Bonchev–Trinajstić information content (AvgIpc) is 3.52. The molecule has 0 amide bonds. The van der Waals surface area contributed by atoms with Gasteiger partial charge in [0.1, 0.15) is 0 Å². The van der Waals surface area contributed by atoms with Gasteiger partial charge in [0.05, 0.1) is 5.69 Å². The third-order valence-electron chi connectivity index (χ3n) is 14.1. The molecule has 4 heteroatoms. The quantitative estimate of drug-likeness (QED) is 0.160. The van der Waals surface area contributed by atoms with Crippen LogP contribution in [0.25, 0.3) is 11.1 Å². The summed E-state index contributed by atoms with van der Waals surface area (Å²) in [6.07, 6.45) is 0. The van der Waals surface area contributed by atoms with Gasteiger partial charge in [0.15, 0.2) is 0 Å². The Morgan fingerprint density at radius 2 is 1.05 bits per heavy atom. The summed E-state index contributed by atoms with van der Waals surface area (Å²) < 4.78 is 0. The van der Waals surface area contributed by atoms with Crippen molar-refractivity contribution in [3.8, 4) is 11.1 Å². The minimum atomic E-state index is -0.192. The molecule has 0 saturated carbocycles. The van der Waals surface area contributed by atoms with E-state index in [2.05, 4.69) is 253 Å². The van der Waals surface area contributed by atoms with Crippen molar-refractivity contribution in [2.24, 2.45) is 0 Å². The van der Waals surface area contributed by atoms with E-state index in [0.29, 0.717) is 0 Å². The molecule has 0 aromatic heterocycles. The van der Waals surface area contributed by atoms with Gasteiger partial charge in [-0.05, 0) is 146 Å². The van der Waals surface area contributed by atoms with Gasteiger partial charge in [-0.2, -0.15) is 0 Å². The highest BCUT2D eigenvalue weighted by atomic mass is 15.2. The Bertz CT molecular complexity index is 3080. The van der Waals surface area contributed by atoms with Crippen molar-refractivity contribution in [1.82, 2.24) is 0 Å². The first kappa shape index (κ1) is 40.0. The Labute approximate surface area is 380 Å². The second-order valence-electron chi connectivity index (χ2n) is 20.8. The summed E-state index contributed by atoms with van der Waals surface area (Å²) in [6.45, 7) is 21.0. The molecule has 0 fully saturated rings. The van der Waals surface area contributed by atoms with Crippen LogP contribution in [0.4, 0.5) is 51.2 Å². The van der Waals surface area contributed by atoms with Crippen LogP contribution in [0.15, 0.2) is 176 Å². The third-order valence-corrected chi connectivity index (χ3v) is 14.1. The molecule has 0 bridgehead atoms. The van der Waals surface area contributed by atoms with Gasteiger partial charge in [-0.1, -0.05) is 159 Å². The molecular formula is C60H56BN3. The van der Waals surface area contributed by atoms with Crippen LogP contribution in [0.3, 0.4) is 0 Å². The molecule has 11 rings (SSSR count). The zero-order valence-corrected chi connectivity index (χ0v) is 38.7. The predicted molar refractivity (Wildman–Crippen MR) is 275 cm³/mol. The van der Waals surface area contributed by atoms with Crippen LogP contribution < -0.4 is 31.1 Å². The lowest BCUT2D eigenvalue weighted by molar-refractivity contribution is 0.590. The maximum absolute atomic E-state index is 2.63. The molecule has 0 unspecified atom stereocenters. The van der Waals surface area contributed by atoms with E-state index in [1.165, 1.54) is 83.8 Å². The van der Waals surface area contributed by atoms with Gasteiger partial charge in [0.25, 0.3) is 6.71 Å². The number of hydrogen-bond donors (Lipinski definition) is 0. The van der Waals surface area contributed by atoms with Crippen LogP contribution in [-0.2, 0) is 16.2 Å². The van der Waals surface area contributed by atoms with Crippen molar-refractivity contribution in [1.29, 1.82) is 0 Å². The number of benzene rings is 8. The normalized spacial score (nSPS) is 14.4. The first-order valence-electron chi connectivity index (χ1n) is 23.0. The lowest BCUT2D eigenvalue weighted by atomic mass is 9.33. The zero-order chi connectivity index (χ0) is 44.3. The summed E-state index contributed by atoms with van der Waals surface area (Å²) >= 11 is 0. The van der Waals surface area contributed by atoms with E-state index in [1.807, 2.05) is 0 Å². The summed E-state index contributed by atoms with van der Waals surface area (Å²) in [6, 6.07) is 66.4. The van der Waals surface area contributed by atoms with E-state index in [1.54, 1.807) is 0 Å². The average molecular weight is 830 g/mol. The second kappa shape index (κ2) is 14.4. The number of hydrogen-bond acceptors (Lipinski definition) is 3. The fourth-order valence-electron chi connectivity index (χ4n) is 11.0. The van der Waals surface area contributed by atoms with Gasteiger partial charge in [-0.15, -0.1) is 0 Å². The number of aryl methyl sites for hydroxylation is 1. The number of anilines is 9. The molecule has 64 heavy (non-hydrogen) atoms. The number of rotatable bonds is 5. The number of fused-ring (bicyclic) bond motifs is 7. The molecule has 314 valence electrons. The summed E-state index contributed by atoms with van der Waals surface area (Å²) in [5.41, 5.74) is 23.8. The lowest BCUT2D eigenvalue weighted by Gasteiger charge is -2.46. The van der Waals surface area contributed by atoms with Gasteiger partial charge < -0.3 is 14.7 Å². The Hall–Kier alpha value is -6.78. The molecule has 0 N–H and O–H groups in total. The van der Waals surface area contributed by atoms with Crippen molar-refractivity contribution >= 4 is 74.3 Å². The molecule has 3 nitrogen and oxygen atoms in total. The van der Waals surface area contributed by atoms with E-state index >= 15 is 0 Å². The molecule has 1 aliphatic carbocycles. The van der Waals surface area contributed by atoms with Crippen molar-refractivity contribution in [2.45, 2.75) is 78.6 Å². The standard InChI is InChI=1S/C60H56BN3/c1-39-35-54-57-55(36-39)64(52-26-18-24-47-46-23-16-17-25-48(46)60(8,9)56(47)52)51-34-29-41(59(5,6)7)37-50(51)61(57)49-33-32-45(62(42-19-12-10-13-20-42)43-21-14-11-15-22-43)38-53(49)63(54)44-30-27-40(28-31-44)58(2,3)4/h10-38H,1-9H3. The van der Waals surface area contributed by atoms with Crippen LogP contribution in [0, 0.1) is 6.92 Å². The maximum atomic E-state index is 2.63. The topological polar surface area (TPSA) is 9.72 Å². The number of para-hydroxylation sites is 2. The van der Waals surface area contributed by atoms with Gasteiger partial charge in [0.2, 0.25) is 0 Å². The van der Waals surface area contributed by atoms with Gasteiger partial charge in [0, 0.05) is 50.9 Å². The molecule has 0 saturated heterocycles. The first-order valence-corrected chi connectivity index (χ1v) is 23.0. The van der Waals surface area contributed by atoms with Gasteiger partial charge in [-0.3, -0.25) is 0 Å². The molecule has 8 aromatic rings. The van der Waals surface area contributed by atoms with E-state index in [9.17, 15) is 0 Å². The monoisotopic (exact) mass is 829 g/mol. The highest BCUT2D eigenvalue weighted by molar-refractivity contribution is 7.00. The van der Waals surface area contributed by atoms with Crippen LogP contribution in [-0.4, -0.2) is 6.71 Å². The first-order chi connectivity index (χ1) is 30.7. The van der Waals surface area contributed by atoms with Crippen molar-refractivity contribution in [3.05, 3.63) is 204 Å². The van der Waals surface area contributed by atoms with Gasteiger partial charge >= 0.3 is 0 Å². The molecule has 2 heterocycles. The van der Waals surface area contributed by atoms with E-state index in [4.69, 9.17) is 0 Å². The number of nitrogens with zero attached hydrogens (tertiary/aromatic N) is 3. The molecule has 0 radical (unpaired) electrons. The Morgan fingerprint density at radius 1 is 0.453 bits per heavy atom. The minimum absolute atomic E-state index is 0.00262. The van der Waals surface area contributed by atoms with Crippen LogP contribution >= 0.6 is 0 Å². The molecule has 8 aromatic carbocycles. The summed E-state index contributed by atoms with van der Waals surface area (Å²) in [5, 5.41) is 0. The van der Waals surface area contributed by atoms with Crippen LogP contribution in [0.5, 0.6) is 0 Å². The second-order valence-corrected chi connectivity index (χ2v) is 20.8. The molecule has 3 aliphatic rings. The predicted octanol–water partition coefficient (Wildman–Crippen LogP) is 14.4. The fraction of sp³-hybridized carbons (Fsp3) is 0.200. The highest BCUT2D eigenvalue weighted by Crippen LogP contribution is 2.55. The Kier molecular flexibility index (Phi) is 8.99. The summed E-state index contributed by atoms with van der Waals surface area (Å²) in [5.74, 6) is 0. The zero-order valence-electron chi connectivity index (χ0n) is 38.7. The SMILES string of the molecule is Cc1cc2c3c(c1)N(c1cccc4c1C(C)(C)c1ccccc1-4)c1ccc(C(C)(C)C)cc1B3c1ccc(N(c3ccccc3)c3ccccc3)cc1N2c1ccc(C(C)(C)C)cc1.